The number of aliphatic carboxylic acids is 1. The van der Waals surface area contributed by atoms with Crippen LogP contribution in [0.2, 0.25) is 0 Å². The van der Waals surface area contributed by atoms with E-state index in [1.54, 1.807) is 28.0 Å². The van der Waals surface area contributed by atoms with Gasteiger partial charge in [-0.1, -0.05) is 24.3 Å². The van der Waals surface area contributed by atoms with Crippen LogP contribution in [0.5, 0.6) is 5.75 Å². The van der Waals surface area contributed by atoms with Crippen molar-refractivity contribution in [1.82, 2.24) is 19.8 Å². The predicted molar refractivity (Wildman–Crippen MR) is 195 cm³/mol. The summed E-state index contributed by atoms with van der Waals surface area (Å²) in [5.41, 5.74) is 7.60. The van der Waals surface area contributed by atoms with Crippen molar-refractivity contribution in [1.29, 1.82) is 5.26 Å². The Labute approximate surface area is 312 Å². The number of oxazole rings is 2. The van der Waals surface area contributed by atoms with Crippen molar-refractivity contribution in [2.24, 2.45) is 0 Å². The smallest absolute Gasteiger partial charge is 0.387 e. The van der Waals surface area contributed by atoms with E-state index in [0.29, 0.717) is 64.1 Å². The second-order valence-corrected chi connectivity index (χ2v) is 14.1. The van der Waals surface area contributed by atoms with Gasteiger partial charge in [0.2, 0.25) is 11.8 Å². The number of halogens is 4. The van der Waals surface area contributed by atoms with Gasteiger partial charge in [-0.2, -0.15) is 14.0 Å². The van der Waals surface area contributed by atoms with E-state index in [0.717, 1.165) is 22.3 Å². The van der Waals surface area contributed by atoms with Crippen molar-refractivity contribution < 1.29 is 41.0 Å². The predicted octanol–water partition coefficient (Wildman–Crippen LogP) is 8.60. The minimum atomic E-state index is -3.09. The number of fused-ring (bicyclic) bond motifs is 2. The zero-order chi connectivity index (χ0) is 38.5. The van der Waals surface area contributed by atoms with Gasteiger partial charge in [-0.25, -0.2) is 18.7 Å². The normalized spacial score (nSPS) is 19.2. The number of rotatable bonds is 10. The molecule has 0 bridgehead atoms. The summed E-state index contributed by atoms with van der Waals surface area (Å²) in [6.07, 6.45) is -1.92. The highest BCUT2D eigenvalue weighted by Crippen LogP contribution is 2.39. The van der Waals surface area contributed by atoms with Crippen LogP contribution < -0.4 is 4.74 Å². The molecule has 2 aromatic heterocycles. The number of aromatic nitrogens is 2. The van der Waals surface area contributed by atoms with Crippen LogP contribution in [0, 0.1) is 25.2 Å². The summed E-state index contributed by atoms with van der Waals surface area (Å²) in [7, 11) is 0. The van der Waals surface area contributed by atoms with Crippen molar-refractivity contribution in [3.8, 4) is 45.9 Å². The van der Waals surface area contributed by atoms with Gasteiger partial charge in [-0.15, -0.1) is 0 Å². The fourth-order valence-corrected chi connectivity index (χ4v) is 7.84. The third kappa shape index (κ3) is 6.90. The van der Waals surface area contributed by atoms with E-state index in [9.17, 15) is 32.7 Å². The summed E-state index contributed by atoms with van der Waals surface area (Å²) in [6, 6.07) is 19.3. The average molecular weight is 754 g/mol. The number of likely N-dealkylation sites (tertiary alicyclic amines) is 2. The summed E-state index contributed by atoms with van der Waals surface area (Å²) in [5.74, 6) is -0.485. The SMILES string of the molecule is Cc1c(-c2nc3cc(CN4CCC[C@H]4C(=O)O)c(OC(F)F)cc3o2)cccc1-c1cccc(-c2nc3cc(CN4CC(F)C(F)C4)cc(C#N)c3o2)c1C. The quantitative estimate of drug-likeness (QED) is 0.136. The maximum atomic E-state index is 13.8. The maximum absolute atomic E-state index is 13.8. The molecule has 4 aromatic carbocycles. The number of alkyl halides is 4. The summed E-state index contributed by atoms with van der Waals surface area (Å²) in [5, 5.41) is 19.6. The number of carboxylic acids is 1. The zero-order valence-corrected chi connectivity index (χ0v) is 29.9. The first-order valence-corrected chi connectivity index (χ1v) is 17.9. The Balaban J connectivity index is 1.12. The molecule has 2 unspecified atom stereocenters. The van der Waals surface area contributed by atoms with Gasteiger partial charge in [0.1, 0.15) is 41.2 Å². The van der Waals surface area contributed by atoms with Gasteiger partial charge in [0, 0.05) is 48.9 Å². The molecule has 2 saturated heterocycles. The van der Waals surface area contributed by atoms with Crippen molar-refractivity contribution in [3.05, 3.63) is 88.5 Å². The molecule has 0 aliphatic carbocycles. The van der Waals surface area contributed by atoms with Crippen LogP contribution >= 0.6 is 0 Å². The Kier molecular flexibility index (Phi) is 9.52. The lowest BCUT2D eigenvalue weighted by Gasteiger charge is -2.22. The molecule has 0 spiro atoms. The van der Waals surface area contributed by atoms with Crippen molar-refractivity contribution in [3.63, 3.8) is 0 Å². The van der Waals surface area contributed by atoms with E-state index in [1.807, 2.05) is 50.2 Å². The highest BCUT2D eigenvalue weighted by atomic mass is 19.3. The Morgan fingerprint density at radius 1 is 0.927 bits per heavy atom. The number of carbonyl (C=O) groups is 1. The molecule has 0 amide bonds. The largest absolute Gasteiger partial charge is 0.480 e. The number of nitriles is 1. The summed E-state index contributed by atoms with van der Waals surface area (Å²) in [4.78, 5) is 24.7. The first-order valence-electron chi connectivity index (χ1n) is 17.9. The highest BCUT2D eigenvalue weighted by molar-refractivity contribution is 5.86. The van der Waals surface area contributed by atoms with Crippen LogP contribution in [-0.2, 0) is 17.9 Å². The minimum Gasteiger partial charge on any atom is -0.480 e. The Hall–Kier alpha value is -5.78. The fourth-order valence-electron chi connectivity index (χ4n) is 7.84. The molecular weight excluding hydrogens is 718 g/mol. The van der Waals surface area contributed by atoms with Gasteiger partial charge >= 0.3 is 12.6 Å². The third-order valence-corrected chi connectivity index (χ3v) is 10.6. The van der Waals surface area contributed by atoms with Gasteiger partial charge in [-0.3, -0.25) is 14.6 Å². The molecule has 14 heteroatoms. The molecule has 0 saturated carbocycles. The highest BCUT2D eigenvalue weighted by Gasteiger charge is 2.33. The van der Waals surface area contributed by atoms with Crippen LogP contribution in [0.4, 0.5) is 17.6 Å². The molecule has 4 heterocycles. The van der Waals surface area contributed by atoms with Crippen molar-refractivity contribution in [2.75, 3.05) is 19.6 Å². The van der Waals surface area contributed by atoms with Gasteiger partial charge in [-0.05, 0) is 91.4 Å². The van der Waals surface area contributed by atoms with E-state index in [2.05, 4.69) is 6.07 Å². The first-order chi connectivity index (χ1) is 26.5. The molecule has 2 aliphatic rings. The molecule has 0 radical (unpaired) electrons. The van der Waals surface area contributed by atoms with E-state index in [-0.39, 0.29) is 49.0 Å². The molecule has 2 aliphatic heterocycles. The van der Waals surface area contributed by atoms with E-state index in [4.69, 9.17) is 23.5 Å². The number of carboxylic acid groups (broad SMARTS) is 1. The molecule has 3 atom stereocenters. The summed E-state index contributed by atoms with van der Waals surface area (Å²) in [6.45, 7) is 1.63. The molecular formula is C41H35F4N5O5. The van der Waals surface area contributed by atoms with E-state index >= 15 is 0 Å². The lowest BCUT2D eigenvalue weighted by atomic mass is 9.91. The second-order valence-electron chi connectivity index (χ2n) is 14.1. The van der Waals surface area contributed by atoms with Crippen LogP contribution in [0.1, 0.15) is 40.7 Å². The third-order valence-electron chi connectivity index (χ3n) is 10.6. The van der Waals surface area contributed by atoms with Crippen LogP contribution in [0.25, 0.3) is 56.2 Å². The van der Waals surface area contributed by atoms with Gasteiger partial charge in [0.25, 0.3) is 0 Å². The lowest BCUT2D eigenvalue weighted by Crippen LogP contribution is -2.35. The van der Waals surface area contributed by atoms with Gasteiger partial charge in [0.05, 0.1) is 5.56 Å². The number of hydrogen-bond acceptors (Lipinski definition) is 9. The Morgan fingerprint density at radius 2 is 1.56 bits per heavy atom. The van der Waals surface area contributed by atoms with Gasteiger partial charge in [0.15, 0.2) is 11.2 Å². The molecule has 282 valence electrons. The van der Waals surface area contributed by atoms with E-state index in [1.165, 1.54) is 6.07 Å². The Morgan fingerprint density at radius 3 is 2.20 bits per heavy atom. The zero-order valence-electron chi connectivity index (χ0n) is 29.9. The monoisotopic (exact) mass is 753 g/mol. The topological polar surface area (TPSA) is 129 Å². The molecule has 55 heavy (non-hydrogen) atoms. The molecule has 6 aromatic rings. The van der Waals surface area contributed by atoms with Gasteiger partial charge < -0.3 is 18.7 Å². The molecule has 1 N–H and O–H groups in total. The number of benzene rings is 4. The lowest BCUT2D eigenvalue weighted by molar-refractivity contribution is -0.142. The average Bonchev–Trinajstić information content (AvgIpc) is 3.95. The fraction of sp³-hybridized carbons (Fsp3) is 0.317. The molecule has 10 nitrogen and oxygen atoms in total. The number of nitrogens with zero attached hydrogens (tertiary/aromatic N) is 5. The van der Waals surface area contributed by atoms with Crippen LogP contribution in [0.3, 0.4) is 0 Å². The standard InChI is InChI=1S/C41H35F4N5O5/c1-21-26(6-3-8-28(21)38-47-32-14-25(18-50-11-5-10-34(50)40(51)52)35(54-41(44)45)15-36(32)53-38)27-7-4-9-29(22(27)2)39-48-33-13-23(12-24(16-46)37(33)55-39)17-49-19-30(42)31(43)20-49/h3-4,6-9,12-15,30-31,34,41H,5,10-11,17-20H2,1-2H3,(H,51,52)/t30?,31?,34-/m0/s1. The first kappa shape index (κ1) is 36.2. The minimum absolute atomic E-state index is 0.0162. The summed E-state index contributed by atoms with van der Waals surface area (Å²) >= 11 is 0. The summed E-state index contributed by atoms with van der Waals surface area (Å²) < 4.78 is 71.8. The van der Waals surface area contributed by atoms with E-state index < -0.39 is 31.0 Å². The van der Waals surface area contributed by atoms with Crippen LogP contribution in [-0.4, -0.2) is 75.5 Å². The van der Waals surface area contributed by atoms with Crippen molar-refractivity contribution >= 4 is 28.2 Å². The Bertz CT molecular complexity index is 2480. The number of hydrogen-bond donors (Lipinski definition) is 1. The van der Waals surface area contributed by atoms with Crippen molar-refractivity contribution in [2.45, 2.75) is 64.8 Å². The second kappa shape index (κ2) is 14.5. The molecule has 8 rings (SSSR count). The number of ether oxygens (including phenoxy) is 1. The maximum Gasteiger partial charge on any atom is 0.387 e. The molecule has 2 fully saturated rings. The van der Waals surface area contributed by atoms with Crippen LogP contribution in [0.15, 0.2) is 69.5 Å².